The van der Waals surface area contributed by atoms with Crippen LogP contribution in [0.25, 0.3) is 11.1 Å². The van der Waals surface area contributed by atoms with Crippen LogP contribution in [0.5, 0.6) is 5.75 Å². The van der Waals surface area contributed by atoms with Gasteiger partial charge in [0.05, 0.1) is 35.6 Å². The van der Waals surface area contributed by atoms with E-state index < -0.39 is 29.6 Å². The van der Waals surface area contributed by atoms with E-state index in [4.69, 9.17) is 14.2 Å². The highest BCUT2D eigenvalue weighted by Crippen LogP contribution is 2.32. The normalized spacial score (nSPS) is 11.1. The van der Waals surface area contributed by atoms with E-state index in [1.54, 1.807) is 56.6 Å². The Morgan fingerprint density at radius 3 is 2.11 bits per heavy atom. The number of alkyl halides is 3. The van der Waals surface area contributed by atoms with Crippen molar-refractivity contribution >= 4 is 29.4 Å². The summed E-state index contributed by atoms with van der Waals surface area (Å²) >= 11 is 0. The minimum absolute atomic E-state index is 0.0724. The molecular formula is C43H39F3N2O7. The number of nitrogens with zero attached hydrogens (tertiary/aromatic N) is 1. The molecule has 5 rings (SSSR count). The lowest BCUT2D eigenvalue weighted by Crippen LogP contribution is -2.24. The van der Waals surface area contributed by atoms with Gasteiger partial charge in [0.1, 0.15) is 12.4 Å². The Balaban J connectivity index is 1.13. The summed E-state index contributed by atoms with van der Waals surface area (Å²) in [6, 6.07) is 31.7. The standard InChI is InChI=1S/C43H39F3N2O7/c1-48(2)41(51)37-27-29(15-24-38(37)47-40(50)36-13-7-6-12-35(36)31-16-20-33(21-17-31)43(44,45)46)11-8-14-39(49)55-34-22-18-32(19-23-34)42(52)54-26-25-53-28-30-9-4-3-5-10-30/h3-7,9-10,12-13,15-24,27H,8,11,14,25-26,28H2,1-2H3,(H,47,50). The summed E-state index contributed by atoms with van der Waals surface area (Å²) in [7, 11) is 3.16. The Morgan fingerprint density at radius 1 is 0.727 bits per heavy atom. The second-order valence-electron chi connectivity index (χ2n) is 12.7. The Morgan fingerprint density at radius 2 is 1.42 bits per heavy atom. The molecule has 0 aromatic heterocycles. The molecule has 1 N–H and O–H groups in total. The molecule has 284 valence electrons. The molecule has 0 saturated carbocycles. The number of hydrogen-bond acceptors (Lipinski definition) is 7. The number of anilines is 1. The fourth-order valence-corrected chi connectivity index (χ4v) is 5.55. The predicted octanol–water partition coefficient (Wildman–Crippen LogP) is 8.63. The highest BCUT2D eigenvalue weighted by Gasteiger charge is 2.30. The number of carbonyl (C=O) groups is 4. The zero-order valence-corrected chi connectivity index (χ0v) is 30.2. The Bertz CT molecular complexity index is 2100. The van der Waals surface area contributed by atoms with Crippen molar-refractivity contribution in [2.45, 2.75) is 32.0 Å². The predicted molar refractivity (Wildman–Crippen MR) is 201 cm³/mol. The van der Waals surface area contributed by atoms with Crippen LogP contribution in [0.4, 0.5) is 18.9 Å². The SMILES string of the molecule is CN(C)C(=O)c1cc(CCCC(=O)Oc2ccc(C(=O)OCCOCc3ccccc3)cc2)ccc1NC(=O)c1ccccc1-c1ccc(C(F)(F)F)cc1. The number of rotatable bonds is 15. The van der Waals surface area contributed by atoms with Crippen molar-refractivity contribution in [3.05, 3.63) is 155 Å². The molecule has 0 spiro atoms. The number of ether oxygens (including phenoxy) is 3. The van der Waals surface area contributed by atoms with E-state index in [1.807, 2.05) is 30.3 Å². The van der Waals surface area contributed by atoms with E-state index in [0.717, 1.165) is 23.3 Å². The van der Waals surface area contributed by atoms with Crippen molar-refractivity contribution in [3.8, 4) is 16.9 Å². The number of benzene rings is 5. The topological polar surface area (TPSA) is 111 Å². The molecule has 0 saturated heterocycles. The molecule has 0 fully saturated rings. The maximum absolute atomic E-state index is 13.5. The molecule has 5 aromatic carbocycles. The van der Waals surface area contributed by atoms with E-state index in [1.165, 1.54) is 41.3 Å². The lowest BCUT2D eigenvalue weighted by Gasteiger charge is -2.17. The molecule has 0 unspecified atom stereocenters. The lowest BCUT2D eigenvalue weighted by atomic mass is 9.97. The molecule has 0 aliphatic carbocycles. The van der Waals surface area contributed by atoms with Gasteiger partial charge in [-0.1, -0.05) is 66.7 Å². The summed E-state index contributed by atoms with van der Waals surface area (Å²) in [6.07, 6.45) is -3.60. The molecule has 0 aliphatic rings. The molecular weight excluding hydrogens is 713 g/mol. The fourth-order valence-electron chi connectivity index (χ4n) is 5.55. The Hall–Kier alpha value is -6.27. The molecule has 0 atom stereocenters. The summed E-state index contributed by atoms with van der Waals surface area (Å²) in [4.78, 5) is 53.1. The van der Waals surface area contributed by atoms with Crippen LogP contribution in [0.2, 0.25) is 0 Å². The quantitative estimate of drug-likeness (QED) is 0.0648. The third-order valence-corrected chi connectivity index (χ3v) is 8.40. The highest BCUT2D eigenvalue weighted by atomic mass is 19.4. The van der Waals surface area contributed by atoms with Gasteiger partial charge in [0.2, 0.25) is 0 Å². The first kappa shape index (κ1) is 39.9. The second kappa shape index (κ2) is 18.7. The first-order valence-electron chi connectivity index (χ1n) is 17.4. The van der Waals surface area contributed by atoms with Gasteiger partial charge in [-0.05, 0) is 89.7 Å². The van der Waals surface area contributed by atoms with Gasteiger partial charge in [-0.15, -0.1) is 0 Å². The Labute approximate surface area is 316 Å². The van der Waals surface area contributed by atoms with Gasteiger partial charge in [-0.3, -0.25) is 14.4 Å². The van der Waals surface area contributed by atoms with Crippen LogP contribution in [-0.2, 0) is 33.5 Å². The summed E-state index contributed by atoms with van der Waals surface area (Å²) in [6.45, 7) is 0.753. The van der Waals surface area contributed by atoms with Crippen molar-refractivity contribution in [1.82, 2.24) is 4.90 Å². The van der Waals surface area contributed by atoms with Gasteiger partial charge in [-0.2, -0.15) is 13.2 Å². The third-order valence-electron chi connectivity index (χ3n) is 8.40. The van der Waals surface area contributed by atoms with E-state index in [2.05, 4.69) is 5.32 Å². The summed E-state index contributed by atoms with van der Waals surface area (Å²) in [5.74, 6) is -1.65. The molecule has 9 nitrogen and oxygen atoms in total. The minimum atomic E-state index is -4.49. The minimum Gasteiger partial charge on any atom is -0.460 e. The van der Waals surface area contributed by atoms with Gasteiger partial charge >= 0.3 is 18.1 Å². The first-order chi connectivity index (χ1) is 26.4. The van der Waals surface area contributed by atoms with Crippen molar-refractivity contribution in [3.63, 3.8) is 0 Å². The molecule has 5 aromatic rings. The maximum atomic E-state index is 13.5. The molecule has 55 heavy (non-hydrogen) atoms. The number of carbonyl (C=O) groups excluding carboxylic acids is 4. The van der Waals surface area contributed by atoms with Crippen LogP contribution in [-0.4, -0.2) is 56.0 Å². The van der Waals surface area contributed by atoms with Crippen LogP contribution in [0.15, 0.2) is 121 Å². The number of hydrogen-bond donors (Lipinski definition) is 1. The van der Waals surface area contributed by atoms with Crippen molar-refractivity contribution in [2.24, 2.45) is 0 Å². The van der Waals surface area contributed by atoms with E-state index >= 15 is 0 Å². The van der Waals surface area contributed by atoms with E-state index in [0.29, 0.717) is 36.1 Å². The molecule has 0 bridgehead atoms. The van der Waals surface area contributed by atoms with Crippen molar-refractivity contribution in [1.29, 1.82) is 0 Å². The molecule has 12 heteroatoms. The average molecular weight is 753 g/mol. The largest absolute Gasteiger partial charge is 0.460 e. The first-order valence-corrected chi connectivity index (χ1v) is 17.4. The summed E-state index contributed by atoms with van der Waals surface area (Å²) in [5, 5.41) is 2.79. The van der Waals surface area contributed by atoms with E-state index in [9.17, 15) is 32.3 Å². The number of halogens is 3. The van der Waals surface area contributed by atoms with Gasteiger partial charge in [0, 0.05) is 26.1 Å². The van der Waals surface area contributed by atoms with Crippen molar-refractivity contribution < 1.29 is 46.6 Å². The average Bonchev–Trinajstić information content (AvgIpc) is 3.18. The van der Waals surface area contributed by atoms with Crippen LogP contribution >= 0.6 is 0 Å². The smallest absolute Gasteiger partial charge is 0.416 e. The highest BCUT2D eigenvalue weighted by molar-refractivity contribution is 6.11. The maximum Gasteiger partial charge on any atom is 0.416 e. The number of aryl methyl sites for hydroxylation is 1. The zero-order valence-electron chi connectivity index (χ0n) is 30.2. The Kier molecular flexibility index (Phi) is 13.5. The van der Waals surface area contributed by atoms with Gasteiger partial charge in [0.15, 0.2) is 0 Å². The molecule has 0 heterocycles. The van der Waals surface area contributed by atoms with Crippen LogP contribution in [0.1, 0.15) is 60.6 Å². The van der Waals surface area contributed by atoms with E-state index in [-0.39, 0.29) is 48.1 Å². The second-order valence-corrected chi connectivity index (χ2v) is 12.7. The third kappa shape index (κ3) is 11.4. The van der Waals surface area contributed by atoms with Crippen LogP contribution < -0.4 is 10.1 Å². The number of esters is 2. The van der Waals surface area contributed by atoms with Gasteiger partial charge < -0.3 is 24.4 Å². The van der Waals surface area contributed by atoms with Crippen LogP contribution in [0.3, 0.4) is 0 Å². The number of amides is 2. The molecule has 2 amide bonds. The van der Waals surface area contributed by atoms with Gasteiger partial charge in [-0.25, -0.2) is 4.79 Å². The molecule has 0 aliphatic heterocycles. The number of nitrogens with one attached hydrogen (secondary N) is 1. The van der Waals surface area contributed by atoms with Gasteiger partial charge in [0.25, 0.3) is 11.8 Å². The lowest BCUT2D eigenvalue weighted by molar-refractivity contribution is -0.137. The monoisotopic (exact) mass is 752 g/mol. The fraction of sp³-hybridized carbons (Fsp3) is 0.209. The summed E-state index contributed by atoms with van der Waals surface area (Å²) < 4.78 is 55.6. The van der Waals surface area contributed by atoms with Crippen molar-refractivity contribution in [2.75, 3.05) is 32.6 Å². The summed E-state index contributed by atoms with van der Waals surface area (Å²) in [5.41, 5.74) is 2.79. The zero-order chi connectivity index (χ0) is 39.4. The van der Waals surface area contributed by atoms with Crippen LogP contribution in [0, 0.1) is 0 Å². The molecule has 0 radical (unpaired) electrons.